The molecule has 1 aliphatic heterocycles. The molecule has 5 nitrogen and oxygen atoms in total. The van der Waals surface area contributed by atoms with Gasteiger partial charge >= 0.3 is 6.03 Å². The largest absolute Gasteiger partial charge is 0.351 e. The molecule has 0 radical (unpaired) electrons. The summed E-state index contributed by atoms with van der Waals surface area (Å²) in [5.74, 6) is -3.90. The van der Waals surface area contributed by atoms with Crippen molar-refractivity contribution in [1.29, 1.82) is 0 Å². The fourth-order valence-electron chi connectivity index (χ4n) is 5.65. The third kappa shape index (κ3) is 8.87. The molecule has 3 amide bonds. The molecule has 1 aliphatic carbocycles. The average Bonchev–Trinajstić information content (AvgIpc) is 3.43. The molecule has 2 fully saturated rings. The van der Waals surface area contributed by atoms with Crippen molar-refractivity contribution in [3.63, 3.8) is 0 Å². The van der Waals surface area contributed by atoms with Gasteiger partial charge < -0.3 is 10.2 Å². The highest BCUT2D eigenvalue weighted by Crippen LogP contribution is 2.34. The zero-order valence-electron chi connectivity index (χ0n) is 26.6. The van der Waals surface area contributed by atoms with E-state index in [4.69, 9.17) is 0 Å². The van der Waals surface area contributed by atoms with Gasteiger partial charge in [-0.1, -0.05) is 70.2 Å². The summed E-state index contributed by atoms with van der Waals surface area (Å²) in [5.41, 5.74) is 2.74. The van der Waals surface area contributed by atoms with Crippen LogP contribution >= 0.6 is 0 Å². The van der Waals surface area contributed by atoms with Gasteiger partial charge in [-0.15, -0.1) is 0 Å². The summed E-state index contributed by atoms with van der Waals surface area (Å²) >= 11 is 0. The predicted octanol–water partition coefficient (Wildman–Crippen LogP) is 8.78. The Morgan fingerprint density at radius 3 is 2.33 bits per heavy atom. The number of carbonyl (C=O) groups is 2. The van der Waals surface area contributed by atoms with Crippen LogP contribution in [0.2, 0.25) is 0 Å². The monoisotopic (exact) mass is 599 g/mol. The highest BCUT2D eigenvalue weighted by Gasteiger charge is 2.41. The van der Waals surface area contributed by atoms with Crippen molar-refractivity contribution < 1.29 is 22.8 Å². The fourth-order valence-corrected chi connectivity index (χ4v) is 5.65. The quantitative estimate of drug-likeness (QED) is 0.228. The SMILES string of the molecule is C=C/C(=C\C(F)=C/C)C(C(=O)NC1CCC(F)(F)CC1)N(C(=O)N1CCCC1C=C(C)CC)c1ccc(C(C)(C)C)cc1. The van der Waals surface area contributed by atoms with Gasteiger partial charge in [0.05, 0.1) is 6.04 Å². The van der Waals surface area contributed by atoms with Crippen LogP contribution in [0.4, 0.5) is 23.7 Å². The van der Waals surface area contributed by atoms with Gasteiger partial charge in [-0.3, -0.25) is 9.69 Å². The number of hydrogen-bond donors (Lipinski definition) is 1. The number of anilines is 1. The number of hydrogen-bond acceptors (Lipinski definition) is 2. The van der Waals surface area contributed by atoms with E-state index in [1.54, 1.807) is 4.90 Å². The van der Waals surface area contributed by atoms with Gasteiger partial charge in [0.2, 0.25) is 11.8 Å². The minimum Gasteiger partial charge on any atom is -0.351 e. The number of alkyl halides is 2. The van der Waals surface area contributed by atoms with Crippen molar-refractivity contribution in [1.82, 2.24) is 10.2 Å². The number of nitrogens with one attached hydrogen (secondary N) is 1. The lowest BCUT2D eigenvalue weighted by Gasteiger charge is -2.38. The summed E-state index contributed by atoms with van der Waals surface area (Å²) in [6.07, 6.45) is 8.01. The van der Waals surface area contributed by atoms with Crippen LogP contribution in [-0.4, -0.2) is 47.4 Å². The predicted molar refractivity (Wildman–Crippen MR) is 169 cm³/mol. The van der Waals surface area contributed by atoms with Gasteiger partial charge in [0.1, 0.15) is 11.9 Å². The van der Waals surface area contributed by atoms with E-state index >= 15 is 0 Å². The Hall–Kier alpha value is -3.29. The van der Waals surface area contributed by atoms with Crippen LogP contribution in [0.25, 0.3) is 0 Å². The number of halogens is 3. The van der Waals surface area contributed by atoms with E-state index in [2.05, 4.69) is 45.7 Å². The Balaban J connectivity index is 2.15. The van der Waals surface area contributed by atoms with Crippen molar-refractivity contribution >= 4 is 17.6 Å². The summed E-state index contributed by atoms with van der Waals surface area (Å²) in [6.45, 7) is 16.3. The minimum atomic E-state index is -2.76. The lowest BCUT2D eigenvalue weighted by atomic mass is 9.87. The van der Waals surface area contributed by atoms with Crippen LogP contribution in [0.1, 0.15) is 92.1 Å². The molecule has 2 unspecified atom stereocenters. The summed E-state index contributed by atoms with van der Waals surface area (Å²) < 4.78 is 42.5. The Bertz CT molecular complexity index is 1230. The summed E-state index contributed by atoms with van der Waals surface area (Å²) in [6, 6.07) is 5.20. The number of amides is 3. The molecule has 1 N–H and O–H groups in total. The Morgan fingerprint density at radius 1 is 1.16 bits per heavy atom. The highest BCUT2D eigenvalue weighted by atomic mass is 19.3. The molecule has 3 rings (SSSR count). The number of urea groups is 1. The lowest BCUT2D eigenvalue weighted by molar-refractivity contribution is -0.123. The van der Waals surface area contributed by atoms with Gasteiger partial charge in [-0.25, -0.2) is 18.0 Å². The molecular weight excluding hydrogens is 551 g/mol. The number of carbonyl (C=O) groups excluding carboxylic acids is 2. The van der Waals surface area contributed by atoms with Crippen LogP contribution in [0, 0.1) is 0 Å². The first-order valence-electron chi connectivity index (χ1n) is 15.4. The Labute approximate surface area is 255 Å². The standard InChI is InChI=1S/C35H48F3N3O2/c1-8-24(4)22-30-12-11-21-40(30)33(43)41(29-15-13-26(14-16-29)34(5,6)7)31(25(9-2)23-27(36)10-3)32(42)39-28-17-19-35(37,38)20-18-28/h9-10,13-16,22-23,28,30-31H,2,8,11-12,17-21H2,1,3-7H3,(H,39,42)/b24-22?,25-23+,27-10+. The first-order chi connectivity index (χ1) is 20.2. The molecular formula is C35H48F3N3O2. The van der Waals surface area contributed by atoms with Crippen molar-refractivity contribution in [2.24, 2.45) is 0 Å². The molecule has 8 heteroatoms. The Kier molecular flexibility index (Phi) is 11.5. The number of nitrogens with zero attached hydrogens (tertiary/aromatic N) is 2. The molecule has 1 saturated carbocycles. The zero-order valence-corrected chi connectivity index (χ0v) is 26.6. The van der Waals surface area contributed by atoms with Crippen molar-refractivity contribution in [3.8, 4) is 0 Å². The third-order valence-electron chi connectivity index (χ3n) is 8.50. The second kappa shape index (κ2) is 14.5. The molecule has 0 bridgehead atoms. The molecule has 1 aromatic rings. The molecule has 1 heterocycles. The molecule has 0 spiro atoms. The van der Waals surface area contributed by atoms with Crippen molar-refractivity contribution in [3.05, 3.63) is 77.7 Å². The molecule has 0 aromatic heterocycles. The second-order valence-electron chi connectivity index (χ2n) is 12.8. The van der Waals surface area contributed by atoms with E-state index in [9.17, 15) is 22.8 Å². The summed E-state index contributed by atoms with van der Waals surface area (Å²) in [7, 11) is 0. The van der Waals surface area contributed by atoms with Crippen LogP contribution in [-0.2, 0) is 10.2 Å². The Morgan fingerprint density at radius 2 is 1.79 bits per heavy atom. The van der Waals surface area contributed by atoms with Crippen LogP contribution in [0.15, 0.2) is 72.1 Å². The first kappa shape index (κ1) is 34.2. The first-order valence-corrected chi connectivity index (χ1v) is 15.4. The van der Waals surface area contributed by atoms with Crippen LogP contribution < -0.4 is 10.2 Å². The minimum absolute atomic E-state index is 0.116. The lowest BCUT2D eigenvalue weighted by Crippen LogP contribution is -2.57. The van der Waals surface area contributed by atoms with Gasteiger partial charge in [0, 0.05) is 31.1 Å². The smallest absolute Gasteiger partial charge is 0.326 e. The van der Waals surface area contributed by atoms with Gasteiger partial charge in [-0.05, 0) is 80.7 Å². The van der Waals surface area contributed by atoms with Gasteiger partial charge in [0.25, 0.3) is 0 Å². The fraction of sp³-hybridized carbons (Fsp3) is 0.543. The van der Waals surface area contributed by atoms with E-state index in [1.165, 1.54) is 30.1 Å². The maximum atomic E-state index is 14.7. The van der Waals surface area contributed by atoms with E-state index < -0.39 is 29.7 Å². The molecule has 2 atom stereocenters. The zero-order chi connectivity index (χ0) is 31.9. The van der Waals surface area contributed by atoms with Crippen LogP contribution in [0.3, 0.4) is 0 Å². The number of allylic oxidation sites excluding steroid dienone is 4. The second-order valence-corrected chi connectivity index (χ2v) is 12.8. The van der Waals surface area contributed by atoms with Gasteiger partial charge in [0.15, 0.2) is 0 Å². The van der Waals surface area contributed by atoms with Crippen molar-refractivity contribution in [2.45, 2.75) is 116 Å². The van der Waals surface area contributed by atoms with E-state index in [0.717, 1.165) is 30.4 Å². The molecule has 43 heavy (non-hydrogen) atoms. The van der Waals surface area contributed by atoms with E-state index in [-0.39, 0.29) is 48.7 Å². The topological polar surface area (TPSA) is 52.7 Å². The summed E-state index contributed by atoms with van der Waals surface area (Å²) in [5, 5.41) is 2.92. The molecule has 1 saturated heterocycles. The average molecular weight is 600 g/mol. The van der Waals surface area contributed by atoms with Crippen LogP contribution in [0.5, 0.6) is 0 Å². The van der Waals surface area contributed by atoms with E-state index in [1.807, 2.05) is 31.2 Å². The maximum Gasteiger partial charge on any atom is 0.326 e. The number of benzene rings is 1. The van der Waals surface area contributed by atoms with E-state index in [0.29, 0.717) is 12.2 Å². The van der Waals surface area contributed by atoms with Gasteiger partial charge in [-0.2, -0.15) is 0 Å². The maximum absolute atomic E-state index is 14.7. The highest BCUT2D eigenvalue weighted by molar-refractivity contribution is 6.02. The number of rotatable bonds is 9. The molecule has 1 aromatic carbocycles. The number of likely N-dealkylation sites (tertiary alicyclic amines) is 1. The molecule has 236 valence electrons. The third-order valence-corrected chi connectivity index (χ3v) is 8.50. The molecule has 2 aliphatic rings. The van der Waals surface area contributed by atoms with Crippen molar-refractivity contribution in [2.75, 3.05) is 11.4 Å². The normalized spacial score (nSPS) is 21.0. The summed E-state index contributed by atoms with van der Waals surface area (Å²) in [4.78, 5) is 31.9.